The van der Waals surface area contributed by atoms with E-state index >= 15 is 0 Å². The van der Waals surface area contributed by atoms with E-state index in [-0.39, 0.29) is 12.3 Å². The SMILES string of the molecule is COc1ccccc1C(=O)N/N=C(/C)CC(=O)Nc1ccccc1Br. The zero-order valence-electron chi connectivity index (χ0n) is 13.9. The fraction of sp³-hybridized carbons (Fsp3) is 0.167. The summed E-state index contributed by atoms with van der Waals surface area (Å²) in [4.78, 5) is 24.2. The molecule has 0 bridgehead atoms. The van der Waals surface area contributed by atoms with E-state index in [1.165, 1.54) is 7.11 Å². The molecule has 7 heteroatoms. The Morgan fingerprint density at radius 1 is 1.12 bits per heavy atom. The molecule has 130 valence electrons. The third kappa shape index (κ3) is 5.42. The van der Waals surface area contributed by atoms with Crippen LogP contribution in [0.5, 0.6) is 5.75 Å². The van der Waals surface area contributed by atoms with Crippen molar-refractivity contribution >= 4 is 39.1 Å². The summed E-state index contributed by atoms with van der Waals surface area (Å²) in [6.07, 6.45) is 0.0630. The van der Waals surface area contributed by atoms with Crippen molar-refractivity contribution in [1.82, 2.24) is 5.43 Å². The summed E-state index contributed by atoms with van der Waals surface area (Å²) in [5, 5.41) is 6.75. The Kier molecular flexibility index (Phi) is 6.71. The predicted octanol–water partition coefficient (Wildman–Crippen LogP) is 3.59. The third-order valence-electron chi connectivity index (χ3n) is 3.26. The smallest absolute Gasteiger partial charge is 0.275 e. The second kappa shape index (κ2) is 8.98. The molecule has 0 aromatic heterocycles. The molecule has 2 aromatic carbocycles. The van der Waals surface area contributed by atoms with Crippen LogP contribution in [0.1, 0.15) is 23.7 Å². The minimum absolute atomic E-state index is 0.0630. The van der Waals surface area contributed by atoms with E-state index in [9.17, 15) is 9.59 Å². The van der Waals surface area contributed by atoms with E-state index in [1.54, 1.807) is 37.3 Å². The highest BCUT2D eigenvalue weighted by Crippen LogP contribution is 2.21. The maximum Gasteiger partial charge on any atom is 0.275 e. The van der Waals surface area contributed by atoms with Crippen LogP contribution < -0.4 is 15.5 Å². The van der Waals surface area contributed by atoms with E-state index < -0.39 is 5.91 Å². The van der Waals surface area contributed by atoms with E-state index in [4.69, 9.17) is 4.74 Å². The zero-order chi connectivity index (χ0) is 18.2. The normalized spacial score (nSPS) is 10.9. The molecule has 2 N–H and O–H groups in total. The average molecular weight is 404 g/mol. The molecule has 25 heavy (non-hydrogen) atoms. The lowest BCUT2D eigenvalue weighted by Crippen LogP contribution is -2.22. The van der Waals surface area contributed by atoms with Crippen LogP contribution in [0, 0.1) is 0 Å². The van der Waals surface area contributed by atoms with Crippen molar-refractivity contribution in [1.29, 1.82) is 0 Å². The number of halogens is 1. The first-order valence-corrected chi connectivity index (χ1v) is 8.31. The highest BCUT2D eigenvalue weighted by atomic mass is 79.9. The number of carbonyl (C=O) groups is 2. The van der Waals surface area contributed by atoms with Crippen molar-refractivity contribution < 1.29 is 14.3 Å². The number of anilines is 1. The number of rotatable bonds is 6. The molecule has 0 unspecified atom stereocenters. The number of benzene rings is 2. The number of amides is 2. The van der Waals surface area contributed by atoms with Crippen LogP contribution in [0.3, 0.4) is 0 Å². The Bertz CT molecular complexity index is 806. The maximum atomic E-state index is 12.1. The van der Waals surface area contributed by atoms with Gasteiger partial charge in [0.2, 0.25) is 5.91 Å². The van der Waals surface area contributed by atoms with Gasteiger partial charge < -0.3 is 10.1 Å². The van der Waals surface area contributed by atoms with Crippen molar-refractivity contribution in [3.63, 3.8) is 0 Å². The zero-order valence-corrected chi connectivity index (χ0v) is 15.5. The lowest BCUT2D eigenvalue weighted by molar-refractivity contribution is -0.115. The molecule has 2 aromatic rings. The number of hydrogen-bond donors (Lipinski definition) is 2. The average Bonchev–Trinajstić information content (AvgIpc) is 2.61. The summed E-state index contributed by atoms with van der Waals surface area (Å²) < 4.78 is 5.93. The first-order chi connectivity index (χ1) is 12.0. The lowest BCUT2D eigenvalue weighted by Gasteiger charge is -2.08. The van der Waals surface area contributed by atoms with Gasteiger partial charge in [0.25, 0.3) is 5.91 Å². The number of para-hydroxylation sites is 2. The van der Waals surface area contributed by atoms with Crippen molar-refractivity contribution in [3.8, 4) is 5.75 Å². The molecule has 6 nitrogen and oxygen atoms in total. The molecule has 0 saturated heterocycles. The van der Waals surface area contributed by atoms with Crippen molar-refractivity contribution in [2.45, 2.75) is 13.3 Å². The molecule has 0 atom stereocenters. The van der Waals surface area contributed by atoms with Gasteiger partial charge in [0.15, 0.2) is 0 Å². The van der Waals surface area contributed by atoms with Crippen molar-refractivity contribution in [2.75, 3.05) is 12.4 Å². The Balaban J connectivity index is 1.94. The number of hydrazone groups is 1. The van der Waals surface area contributed by atoms with Crippen LogP contribution in [0.15, 0.2) is 58.1 Å². The molecule has 0 heterocycles. The molecule has 2 amide bonds. The van der Waals surface area contributed by atoms with E-state index in [2.05, 4.69) is 31.8 Å². The van der Waals surface area contributed by atoms with Gasteiger partial charge in [-0.2, -0.15) is 5.10 Å². The number of methoxy groups -OCH3 is 1. The van der Waals surface area contributed by atoms with Gasteiger partial charge in [-0.1, -0.05) is 24.3 Å². The molecule has 0 aliphatic carbocycles. The monoisotopic (exact) mass is 403 g/mol. The Morgan fingerprint density at radius 2 is 1.80 bits per heavy atom. The second-order valence-corrected chi connectivity index (χ2v) is 6.05. The quantitative estimate of drug-likeness (QED) is 0.571. The molecular formula is C18H18BrN3O3. The van der Waals surface area contributed by atoms with Crippen LogP contribution in [0.4, 0.5) is 5.69 Å². The number of carbonyl (C=O) groups excluding carboxylic acids is 2. The summed E-state index contributed by atoms with van der Waals surface area (Å²) in [5.74, 6) is -0.165. The molecule has 0 aliphatic heterocycles. The van der Waals surface area contributed by atoms with E-state index in [1.807, 2.05) is 18.2 Å². The summed E-state index contributed by atoms with van der Waals surface area (Å²) in [5.41, 5.74) is 3.97. The maximum absolute atomic E-state index is 12.1. The molecular weight excluding hydrogens is 386 g/mol. The van der Waals surface area contributed by atoms with E-state index in [0.717, 1.165) is 4.47 Å². The summed E-state index contributed by atoms with van der Waals surface area (Å²) >= 11 is 3.37. The van der Waals surface area contributed by atoms with Crippen LogP contribution in [0.25, 0.3) is 0 Å². The highest BCUT2D eigenvalue weighted by Gasteiger charge is 2.11. The van der Waals surface area contributed by atoms with Crippen LogP contribution in [-0.2, 0) is 4.79 Å². The topological polar surface area (TPSA) is 79.8 Å². The molecule has 0 fully saturated rings. The third-order valence-corrected chi connectivity index (χ3v) is 3.96. The summed E-state index contributed by atoms with van der Waals surface area (Å²) in [7, 11) is 1.49. The summed E-state index contributed by atoms with van der Waals surface area (Å²) in [6.45, 7) is 1.67. The Morgan fingerprint density at radius 3 is 2.52 bits per heavy atom. The van der Waals surface area contributed by atoms with Gasteiger partial charge in [0, 0.05) is 10.2 Å². The fourth-order valence-corrected chi connectivity index (χ4v) is 2.45. The minimum Gasteiger partial charge on any atom is -0.496 e. The van der Waals surface area contributed by atoms with Gasteiger partial charge in [-0.3, -0.25) is 9.59 Å². The largest absolute Gasteiger partial charge is 0.496 e. The lowest BCUT2D eigenvalue weighted by atomic mass is 10.2. The molecule has 0 spiro atoms. The van der Waals surface area contributed by atoms with Gasteiger partial charge >= 0.3 is 0 Å². The first kappa shape index (κ1) is 18.7. The van der Waals surface area contributed by atoms with Gasteiger partial charge in [-0.05, 0) is 47.1 Å². The van der Waals surface area contributed by atoms with Gasteiger partial charge in [-0.15, -0.1) is 0 Å². The van der Waals surface area contributed by atoms with Crippen molar-refractivity contribution in [2.24, 2.45) is 5.10 Å². The molecule has 0 radical (unpaired) electrons. The Hall–Kier alpha value is -2.67. The number of hydrogen-bond acceptors (Lipinski definition) is 4. The molecule has 0 saturated carbocycles. The highest BCUT2D eigenvalue weighted by molar-refractivity contribution is 9.10. The first-order valence-electron chi connectivity index (χ1n) is 7.52. The number of nitrogens with one attached hydrogen (secondary N) is 2. The molecule has 0 aliphatic rings. The predicted molar refractivity (Wildman–Crippen MR) is 101 cm³/mol. The Labute approximate surface area is 154 Å². The number of nitrogens with zero attached hydrogens (tertiary/aromatic N) is 1. The second-order valence-electron chi connectivity index (χ2n) is 5.19. The molecule has 2 rings (SSSR count). The van der Waals surface area contributed by atoms with Crippen LogP contribution in [-0.4, -0.2) is 24.6 Å². The minimum atomic E-state index is -0.400. The summed E-state index contributed by atoms with van der Waals surface area (Å²) in [6, 6.07) is 14.2. The fourth-order valence-electron chi connectivity index (χ4n) is 2.07. The van der Waals surface area contributed by atoms with Crippen molar-refractivity contribution in [3.05, 3.63) is 58.6 Å². The van der Waals surface area contributed by atoms with E-state index in [0.29, 0.717) is 22.7 Å². The van der Waals surface area contributed by atoms with Gasteiger partial charge in [-0.25, -0.2) is 5.43 Å². The van der Waals surface area contributed by atoms with Crippen LogP contribution >= 0.6 is 15.9 Å². The number of ether oxygens (including phenoxy) is 1. The van der Waals surface area contributed by atoms with Gasteiger partial charge in [0.05, 0.1) is 24.8 Å². The van der Waals surface area contributed by atoms with Gasteiger partial charge in [0.1, 0.15) is 5.75 Å². The van der Waals surface area contributed by atoms with Crippen LogP contribution in [0.2, 0.25) is 0 Å². The standard InChI is InChI=1S/C18H18BrN3O3/c1-12(11-17(23)20-15-9-5-4-8-14(15)19)21-22-18(24)13-7-3-6-10-16(13)25-2/h3-10H,11H2,1-2H3,(H,20,23)(H,22,24)/b21-12-.